The van der Waals surface area contributed by atoms with E-state index in [0.29, 0.717) is 0 Å². The number of amides is 3. The van der Waals surface area contributed by atoms with Crippen LogP contribution in [-0.4, -0.2) is 41.2 Å². The second kappa shape index (κ2) is 9.49. The van der Waals surface area contributed by atoms with E-state index in [1.54, 1.807) is 0 Å². The average molecular weight is 473 g/mol. The molecule has 2 aliphatic carbocycles. The van der Waals surface area contributed by atoms with Crippen LogP contribution in [0, 0.1) is 23.7 Å². The second-order valence-corrected chi connectivity index (χ2v) is 9.56. The highest BCUT2D eigenvalue weighted by atomic mass is 16.5. The van der Waals surface area contributed by atoms with Crippen molar-refractivity contribution < 1.29 is 23.9 Å². The predicted molar refractivity (Wildman–Crippen MR) is 127 cm³/mol. The summed E-state index contributed by atoms with van der Waals surface area (Å²) in [6.45, 7) is 1.35. The number of carbonyl (C=O) groups excluding carboxylic acids is 4. The van der Waals surface area contributed by atoms with Gasteiger partial charge in [-0.05, 0) is 36.3 Å². The molecule has 35 heavy (non-hydrogen) atoms. The third kappa shape index (κ3) is 4.38. The number of fused-ring (bicyclic) bond motifs is 5. The Morgan fingerprint density at radius 1 is 0.943 bits per heavy atom. The number of likely N-dealkylation sites (tertiary alicyclic amines) is 1. The molecule has 2 bridgehead atoms. The Morgan fingerprint density at radius 3 is 2.11 bits per heavy atom. The highest BCUT2D eigenvalue weighted by Gasteiger charge is 2.61. The number of ether oxygens (including phenoxy) is 1. The van der Waals surface area contributed by atoms with Crippen LogP contribution in [0.1, 0.15) is 30.5 Å². The van der Waals surface area contributed by atoms with Crippen LogP contribution in [0.5, 0.6) is 0 Å². The number of hydrogen-bond acceptors (Lipinski definition) is 5. The van der Waals surface area contributed by atoms with Crippen molar-refractivity contribution in [2.75, 3.05) is 6.61 Å². The van der Waals surface area contributed by atoms with Crippen molar-refractivity contribution in [3.05, 3.63) is 83.9 Å². The molecule has 5 rings (SSSR count). The molecule has 3 aliphatic rings. The monoisotopic (exact) mass is 472 g/mol. The number of carbonyl (C=O) groups is 4. The third-order valence-electron chi connectivity index (χ3n) is 7.38. The Labute approximate surface area is 204 Å². The minimum absolute atomic E-state index is 0.0464. The second-order valence-electron chi connectivity index (χ2n) is 9.56. The maximum absolute atomic E-state index is 13.3. The van der Waals surface area contributed by atoms with Gasteiger partial charge in [0.25, 0.3) is 5.91 Å². The molecule has 0 aromatic heterocycles. The van der Waals surface area contributed by atoms with Crippen LogP contribution in [0.2, 0.25) is 0 Å². The number of esters is 1. The van der Waals surface area contributed by atoms with Gasteiger partial charge in [-0.2, -0.15) is 0 Å². The van der Waals surface area contributed by atoms with E-state index in [2.05, 4.69) is 5.32 Å². The summed E-state index contributed by atoms with van der Waals surface area (Å²) in [4.78, 5) is 53.5. The molecule has 180 valence electrons. The fourth-order valence-electron chi connectivity index (χ4n) is 5.69. The van der Waals surface area contributed by atoms with Gasteiger partial charge in [0.15, 0.2) is 6.61 Å². The molecule has 1 N–H and O–H groups in total. The van der Waals surface area contributed by atoms with Gasteiger partial charge in [-0.25, -0.2) is 4.79 Å². The van der Waals surface area contributed by atoms with Crippen molar-refractivity contribution in [1.29, 1.82) is 0 Å². The summed E-state index contributed by atoms with van der Waals surface area (Å²) in [5.74, 6) is -2.54. The molecule has 0 radical (unpaired) electrons. The molecule has 1 heterocycles. The fraction of sp³-hybridized carbons (Fsp3) is 0.357. The minimum Gasteiger partial charge on any atom is -0.454 e. The van der Waals surface area contributed by atoms with Crippen LogP contribution in [0.4, 0.5) is 0 Å². The van der Waals surface area contributed by atoms with E-state index in [1.807, 2.05) is 79.7 Å². The molecule has 2 aromatic carbocycles. The van der Waals surface area contributed by atoms with Crippen LogP contribution in [0.3, 0.4) is 0 Å². The third-order valence-corrected chi connectivity index (χ3v) is 7.38. The van der Waals surface area contributed by atoms with Crippen LogP contribution in [-0.2, 0) is 30.3 Å². The lowest BCUT2D eigenvalue weighted by Gasteiger charge is -2.26. The number of nitrogens with zero attached hydrogens (tertiary/aromatic N) is 1. The molecule has 0 spiro atoms. The van der Waals surface area contributed by atoms with Crippen molar-refractivity contribution in [1.82, 2.24) is 10.2 Å². The van der Waals surface area contributed by atoms with Gasteiger partial charge in [-0.3, -0.25) is 19.3 Å². The van der Waals surface area contributed by atoms with Crippen molar-refractivity contribution in [2.24, 2.45) is 23.7 Å². The quantitative estimate of drug-likeness (QED) is 0.362. The number of allylic oxidation sites excluding steroid dienone is 2. The van der Waals surface area contributed by atoms with Crippen LogP contribution in [0.25, 0.3) is 0 Å². The molecule has 7 heteroatoms. The van der Waals surface area contributed by atoms with E-state index in [0.717, 1.165) is 22.4 Å². The minimum atomic E-state index is -1.11. The van der Waals surface area contributed by atoms with Crippen LogP contribution in [0.15, 0.2) is 72.8 Å². The first-order valence-electron chi connectivity index (χ1n) is 12.0. The normalized spacial score (nSPS) is 25.9. The van der Waals surface area contributed by atoms with Gasteiger partial charge in [-0.15, -0.1) is 0 Å². The molecular weight excluding hydrogens is 444 g/mol. The zero-order valence-corrected chi connectivity index (χ0v) is 19.5. The lowest BCUT2D eigenvalue weighted by Crippen LogP contribution is -2.49. The molecule has 1 saturated carbocycles. The standard InChI is InChI=1S/C28H28N2O5/c1-17(19-10-6-3-7-11-19)29-23(31)16-35-28(34)22(14-18-8-4-2-5-9-18)30-26(32)24-20-12-13-21(15-20)25(24)27(30)33/h2-13,17,20-22,24-25H,14-16H2,1H3,(H,29,31)/t17-,20-,21-,22-,24-,25-/m0/s1. The van der Waals surface area contributed by atoms with Gasteiger partial charge >= 0.3 is 5.97 Å². The number of benzene rings is 2. The number of imide groups is 1. The Kier molecular flexibility index (Phi) is 6.24. The molecule has 1 aliphatic heterocycles. The maximum atomic E-state index is 13.3. The molecule has 2 aromatic rings. The summed E-state index contributed by atoms with van der Waals surface area (Å²) >= 11 is 0. The number of hydrogen-bond donors (Lipinski definition) is 1. The van der Waals surface area contributed by atoms with E-state index < -0.39 is 36.4 Å². The zero-order chi connectivity index (χ0) is 24.5. The largest absolute Gasteiger partial charge is 0.454 e. The van der Waals surface area contributed by atoms with Crippen molar-refractivity contribution in [3.8, 4) is 0 Å². The zero-order valence-electron chi connectivity index (χ0n) is 19.5. The number of rotatable bonds is 8. The summed E-state index contributed by atoms with van der Waals surface area (Å²) in [5.41, 5.74) is 1.73. The first-order chi connectivity index (χ1) is 16.9. The van der Waals surface area contributed by atoms with Crippen LogP contribution >= 0.6 is 0 Å². The first-order valence-corrected chi connectivity index (χ1v) is 12.0. The van der Waals surface area contributed by atoms with Gasteiger partial charge in [0, 0.05) is 6.42 Å². The van der Waals surface area contributed by atoms with E-state index in [4.69, 9.17) is 4.74 Å². The Balaban J connectivity index is 1.29. The van der Waals surface area contributed by atoms with Crippen molar-refractivity contribution in [3.63, 3.8) is 0 Å². The Morgan fingerprint density at radius 2 is 1.51 bits per heavy atom. The van der Waals surface area contributed by atoms with Crippen molar-refractivity contribution in [2.45, 2.75) is 31.8 Å². The van der Waals surface area contributed by atoms with Gasteiger partial charge in [0.2, 0.25) is 11.8 Å². The van der Waals surface area contributed by atoms with Gasteiger partial charge in [0.05, 0.1) is 17.9 Å². The van der Waals surface area contributed by atoms with Gasteiger partial charge in [-0.1, -0.05) is 72.8 Å². The molecule has 0 unspecified atom stereocenters. The van der Waals surface area contributed by atoms with E-state index >= 15 is 0 Å². The lowest BCUT2D eigenvalue weighted by molar-refractivity contribution is -0.160. The maximum Gasteiger partial charge on any atom is 0.330 e. The molecular formula is C28H28N2O5. The van der Waals surface area contributed by atoms with Crippen LogP contribution < -0.4 is 5.32 Å². The summed E-state index contributed by atoms with van der Waals surface area (Å²) in [6, 6.07) is 17.3. The van der Waals surface area contributed by atoms with Gasteiger partial charge < -0.3 is 10.1 Å². The summed E-state index contributed by atoms with van der Waals surface area (Å²) in [7, 11) is 0. The SMILES string of the molecule is C[C@H](NC(=O)COC(=O)[C@H](Cc1ccccc1)N1C(=O)[C@@H]2[C@@H](C1=O)[C@H]1C=C[C@H]2C1)c1ccccc1. The average Bonchev–Trinajstić information content (AvgIpc) is 3.56. The van der Waals surface area contributed by atoms with Crippen molar-refractivity contribution >= 4 is 23.7 Å². The Hall–Kier alpha value is -3.74. The van der Waals surface area contributed by atoms with E-state index in [9.17, 15) is 19.2 Å². The summed E-state index contributed by atoms with van der Waals surface area (Å²) < 4.78 is 5.36. The molecule has 2 fully saturated rings. The first kappa shape index (κ1) is 23.0. The molecule has 6 atom stereocenters. The van der Waals surface area contributed by atoms with E-state index in [-0.39, 0.29) is 36.1 Å². The highest BCUT2D eigenvalue weighted by Crippen LogP contribution is 2.53. The van der Waals surface area contributed by atoms with Gasteiger partial charge in [0.1, 0.15) is 6.04 Å². The Bertz CT molecular complexity index is 1130. The topological polar surface area (TPSA) is 92.8 Å². The fourth-order valence-corrected chi connectivity index (χ4v) is 5.69. The smallest absolute Gasteiger partial charge is 0.330 e. The molecule has 7 nitrogen and oxygen atoms in total. The lowest BCUT2D eigenvalue weighted by atomic mass is 9.85. The highest BCUT2D eigenvalue weighted by molar-refractivity contribution is 6.09. The van der Waals surface area contributed by atoms with E-state index in [1.165, 1.54) is 0 Å². The predicted octanol–water partition coefficient (Wildman–Crippen LogP) is 2.83. The summed E-state index contributed by atoms with van der Waals surface area (Å²) in [6.07, 6.45) is 4.99. The number of nitrogens with one attached hydrogen (secondary N) is 1. The summed E-state index contributed by atoms with van der Waals surface area (Å²) in [5, 5.41) is 2.81. The molecule has 3 amide bonds. The molecule has 1 saturated heterocycles.